The molecule has 26 heavy (non-hydrogen) atoms. The minimum atomic E-state index is -0.686. The topological polar surface area (TPSA) is 89.8 Å². The molecule has 0 bridgehead atoms. The third-order valence-electron chi connectivity index (χ3n) is 4.30. The predicted octanol–water partition coefficient (Wildman–Crippen LogP) is 2.97. The van der Waals surface area contributed by atoms with Gasteiger partial charge in [-0.2, -0.15) is 0 Å². The van der Waals surface area contributed by atoms with E-state index in [4.69, 9.17) is 4.74 Å². The van der Waals surface area contributed by atoms with Crippen LogP contribution in [0, 0.1) is 10.1 Å². The molecule has 0 radical (unpaired) electrons. The van der Waals surface area contributed by atoms with Crippen LogP contribution in [0.25, 0.3) is 0 Å². The number of nitro benzene ring substituents is 1. The highest BCUT2D eigenvalue weighted by Gasteiger charge is 2.25. The van der Waals surface area contributed by atoms with E-state index in [0.717, 1.165) is 18.1 Å². The number of non-ortho nitro benzene ring substituents is 1. The molecule has 0 aliphatic carbocycles. The number of carbonyl (C=O) groups excluding carboxylic acids is 2. The molecule has 1 aliphatic rings. The lowest BCUT2D eigenvalue weighted by Gasteiger charge is -2.29. The number of carbonyl (C=O) groups is 2. The number of rotatable bonds is 4. The van der Waals surface area contributed by atoms with Crippen LogP contribution in [0.2, 0.25) is 0 Å². The van der Waals surface area contributed by atoms with E-state index >= 15 is 0 Å². The second kappa shape index (κ2) is 7.35. The van der Waals surface area contributed by atoms with Crippen LogP contribution >= 0.6 is 0 Å². The van der Waals surface area contributed by atoms with Crippen molar-refractivity contribution in [1.29, 1.82) is 0 Å². The van der Waals surface area contributed by atoms with Gasteiger partial charge in [0.05, 0.1) is 17.1 Å². The van der Waals surface area contributed by atoms with Gasteiger partial charge < -0.3 is 9.64 Å². The van der Waals surface area contributed by atoms with E-state index in [1.54, 1.807) is 11.8 Å². The smallest absolute Gasteiger partial charge is 0.338 e. The lowest BCUT2D eigenvalue weighted by atomic mass is 9.99. The molecule has 0 saturated carbocycles. The van der Waals surface area contributed by atoms with Crippen LogP contribution in [0.15, 0.2) is 42.5 Å². The molecular formula is C19H18N2O5. The first kappa shape index (κ1) is 17.6. The van der Waals surface area contributed by atoms with Crippen molar-refractivity contribution in [3.05, 3.63) is 74.8 Å². The maximum Gasteiger partial charge on any atom is 0.338 e. The van der Waals surface area contributed by atoms with Crippen LogP contribution < -0.4 is 0 Å². The van der Waals surface area contributed by atoms with Gasteiger partial charge in [0.1, 0.15) is 0 Å². The number of nitro groups is 1. The van der Waals surface area contributed by atoms with Gasteiger partial charge in [-0.05, 0) is 30.5 Å². The Balaban J connectivity index is 1.91. The summed E-state index contributed by atoms with van der Waals surface area (Å²) >= 11 is 0. The number of benzene rings is 2. The summed E-state index contributed by atoms with van der Waals surface area (Å²) in [5, 5.41) is 11.2. The zero-order chi connectivity index (χ0) is 18.7. The molecule has 0 N–H and O–H groups in total. The van der Waals surface area contributed by atoms with Gasteiger partial charge in [0.15, 0.2) is 0 Å². The SMILES string of the molecule is CCOC(=O)c1cc(C(=O)N2CCc3ccccc3C2)cc([N+](=O)[O-])c1. The van der Waals surface area contributed by atoms with Gasteiger partial charge in [-0.25, -0.2) is 4.79 Å². The van der Waals surface area contributed by atoms with Crippen LogP contribution in [-0.2, 0) is 17.7 Å². The Morgan fingerprint density at radius 2 is 1.85 bits per heavy atom. The maximum atomic E-state index is 12.9. The molecule has 0 atom stereocenters. The van der Waals surface area contributed by atoms with Crippen molar-refractivity contribution in [3.63, 3.8) is 0 Å². The molecule has 2 aromatic carbocycles. The van der Waals surface area contributed by atoms with Crippen LogP contribution in [0.4, 0.5) is 5.69 Å². The first-order valence-corrected chi connectivity index (χ1v) is 8.32. The van der Waals surface area contributed by atoms with E-state index in [-0.39, 0.29) is 29.3 Å². The summed E-state index contributed by atoms with van der Waals surface area (Å²) in [7, 11) is 0. The summed E-state index contributed by atoms with van der Waals surface area (Å²) in [4.78, 5) is 37.0. The summed E-state index contributed by atoms with van der Waals surface area (Å²) in [6.45, 7) is 2.75. The van der Waals surface area contributed by atoms with Gasteiger partial charge in [0.2, 0.25) is 0 Å². The number of nitrogens with zero attached hydrogens (tertiary/aromatic N) is 2. The highest BCUT2D eigenvalue weighted by Crippen LogP contribution is 2.23. The summed E-state index contributed by atoms with van der Waals surface area (Å²) in [6.07, 6.45) is 0.724. The van der Waals surface area contributed by atoms with E-state index in [9.17, 15) is 19.7 Å². The minimum Gasteiger partial charge on any atom is -0.462 e. The molecule has 1 heterocycles. The van der Waals surface area contributed by atoms with Gasteiger partial charge in [0, 0.05) is 30.8 Å². The van der Waals surface area contributed by atoms with E-state index in [1.807, 2.05) is 24.3 Å². The lowest BCUT2D eigenvalue weighted by Crippen LogP contribution is -2.36. The molecular weight excluding hydrogens is 336 g/mol. The van der Waals surface area contributed by atoms with Gasteiger partial charge in [0.25, 0.3) is 11.6 Å². The number of hydrogen-bond acceptors (Lipinski definition) is 5. The Kier molecular flexibility index (Phi) is 4.97. The second-order valence-corrected chi connectivity index (χ2v) is 5.99. The molecule has 134 valence electrons. The third kappa shape index (κ3) is 3.56. The van der Waals surface area contributed by atoms with Crippen LogP contribution in [-0.4, -0.2) is 34.9 Å². The average Bonchev–Trinajstić information content (AvgIpc) is 2.66. The van der Waals surface area contributed by atoms with Crippen molar-refractivity contribution < 1.29 is 19.2 Å². The molecule has 0 saturated heterocycles. The Morgan fingerprint density at radius 1 is 1.15 bits per heavy atom. The molecule has 0 unspecified atom stereocenters. The Morgan fingerprint density at radius 3 is 2.54 bits per heavy atom. The number of esters is 1. The van der Waals surface area contributed by atoms with Gasteiger partial charge >= 0.3 is 5.97 Å². The highest BCUT2D eigenvalue weighted by atomic mass is 16.6. The first-order valence-electron chi connectivity index (χ1n) is 8.32. The fourth-order valence-electron chi connectivity index (χ4n) is 3.02. The van der Waals surface area contributed by atoms with Gasteiger partial charge in [-0.3, -0.25) is 14.9 Å². The second-order valence-electron chi connectivity index (χ2n) is 5.99. The number of amides is 1. The molecule has 7 heteroatoms. The van der Waals surface area contributed by atoms with E-state index in [2.05, 4.69) is 0 Å². The first-order chi connectivity index (χ1) is 12.5. The summed E-state index contributed by atoms with van der Waals surface area (Å²) in [5.74, 6) is -1.03. The molecule has 1 amide bonds. The molecule has 3 rings (SSSR count). The zero-order valence-electron chi connectivity index (χ0n) is 14.3. The zero-order valence-corrected chi connectivity index (χ0v) is 14.3. The normalized spacial score (nSPS) is 13.0. The molecule has 0 aromatic heterocycles. The van der Waals surface area contributed by atoms with Crippen molar-refractivity contribution in [2.24, 2.45) is 0 Å². The predicted molar refractivity (Wildman–Crippen MR) is 93.9 cm³/mol. The molecule has 0 spiro atoms. The highest BCUT2D eigenvalue weighted by molar-refractivity contribution is 5.99. The van der Waals surface area contributed by atoms with Crippen molar-refractivity contribution in [2.45, 2.75) is 19.9 Å². The molecule has 1 aliphatic heterocycles. The maximum absolute atomic E-state index is 12.9. The van der Waals surface area contributed by atoms with Gasteiger partial charge in [-0.15, -0.1) is 0 Å². The molecule has 0 fully saturated rings. The van der Waals surface area contributed by atoms with Crippen molar-refractivity contribution in [1.82, 2.24) is 4.90 Å². The fraction of sp³-hybridized carbons (Fsp3) is 0.263. The fourth-order valence-corrected chi connectivity index (χ4v) is 3.02. The Hall–Kier alpha value is -3.22. The Labute approximate surface area is 150 Å². The largest absolute Gasteiger partial charge is 0.462 e. The van der Waals surface area contributed by atoms with Crippen molar-refractivity contribution in [2.75, 3.05) is 13.2 Å². The summed E-state index contributed by atoms with van der Waals surface area (Å²) in [6, 6.07) is 11.6. The number of ether oxygens (including phenoxy) is 1. The van der Waals surface area contributed by atoms with Crippen LogP contribution in [0.5, 0.6) is 0 Å². The molecule has 7 nitrogen and oxygen atoms in total. The monoisotopic (exact) mass is 354 g/mol. The van der Waals surface area contributed by atoms with Crippen LogP contribution in [0.1, 0.15) is 38.8 Å². The van der Waals surface area contributed by atoms with E-state index in [0.29, 0.717) is 13.1 Å². The van der Waals surface area contributed by atoms with E-state index in [1.165, 1.54) is 17.7 Å². The lowest BCUT2D eigenvalue weighted by molar-refractivity contribution is -0.384. The van der Waals surface area contributed by atoms with Crippen molar-refractivity contribution in [3.8, 4) is 0 Å². The Bertz CT molecular complexity index is 878. The third-order valence-corrected chi connectivity index (χ3v) is 4.30. The van der Waals surface area contributed by atoms with Gasteiger partial charge in [-0.1, -0.05) is 24.3 Å². The summed E-state index contributed by atoms with van der Waals surface area (Å²) < 4.78 is 4.90. The number of fused-ring (bicyclic) bond motifs is 1. The average molecular weight is 354 g/mol. The summed E-state index contributed by atoms with van der Waals surface area (Å²) in [5.41, 5.74) is 2.06. The standard InChI is InChI=1S/C19H18N2O5/c1-2-26-19(23)16-9-15(10-17(11-16)21(24)25)18(22)20-8-7-13-5-3-4-6-14(13)12-20/h3-6,9-11H,2,7-8,12H2,1H3. The van der Waals surface area contributed by atoms with Crippen LogP contribution in [0.3, 0.4) is 0 Å². The quantitative estimate of drug-likeness (QED) is 0.478. The minimum absolute atomic E-state index is 0.00168. The number of hydrogen-bond donors (Lipinski definition) is 0. The molecule has 2 aromatic rings. The van der Waals surface area contributed by atoms with Crippen molar-refractivity contribution >= 4 is 17.6 Å². The van der Waals surface area contributed by atoms with E-state index < -0.39 is 10.9 Å².